The minimum atomic E-state index is -0.932. The Labute approximate surface area is 874 Å². The predicted molar refractivity (Wildman–Crippen MR) is 572 cm³/mol. The van der Waals surface area contributed by atoms with Gasteiger partial charge in [0.15, 0.2) is 0 Å². The van der Waals surface area contributed by atoms with Crippen LogP contribution in [-0.4, -0.2) is 86.1 Å². The first kappa shape index (κ1) is 116. The van der Waals surface area contributed by atoms with Gasteiger partial charge in [0.25, 0.3) is 0 Å². The summed E-state index contributed by atoms with van der Waals surface area (Å²) >= 11 is 0. The van der Waals surface area contributed by atoms with E-state index in [-0.39, 0.29) is 91.8 Å². The van der Waals surface area contributed by atoms with Crippen LogP contribution in [0.4, 0.5) is 0 Å². The van der Waals surface area contributed by atoms with Crippen molar-refractivity contribution in [3.05, 3.63) is 275 Å². The third-order valence-electron chi connectivity index (χ3n) is 25.1. The molecule has 0 unspecified atom stereocenters. The summed E-state index contributed by atoms with van der Waals surface area (Å²) in [5.74, 6) is -3.80. The van der Waals surface area contributed by atoms with E-state index in [9.17, 15) is 47.9 Å². The van der Waals surface area contributed by atoms with Crippen LogP contribution >= 0.6 is 0 Å². The fourth-order valence-corrected chi connectivity index (χ4v) is 16.5. The summed E-state index contributed by atoms with van der Waals surface area (Å²) in [7, 11) is 0. The molecule has 0 aliphatic heterocycles. The first-order chi connectivity index (χ1) is 72.3. The average molecular weight is 2020 g/mol. The topological polar surface area (TPSA) is 300 Å². The van der Waals surface area contributed by atoms with Crippen molar-refractivity contribution >= 4 is 59.7 Å². The quantitative estimate of drug-likeness (QED) is 0.0194. The molecule has 24 heteroatoms. The number of benzene rings is 10. The molecule has 148 heavy (non-hydrogen) atoms. The molecule has 0 aliphatic carbocycles. The van der Waals surface area contributed by atoms with E-state index >= 15 is 0 Å². The van der Waals surface area contributed by atoms with E-state index in [1.165, 1.54) is 313 Å². The normalized spacial score (nSPS) is 11.0. The molecule has 0 saturated carbocycles. The van der Waals surface area contributed by atoms with Crippen molar-refractivity contribution in [3.63, 3.8) is 0 Å². The Bertz CT molecular complexity index is 4960. The SMILES string of the molecule is CCCCCCCCCCCOc1ccc(OC(=O)c2ccc(OC(=O)c3cc(OC(=O)CCCCCCCCCCC(=O)Oc4cc(C(=O)Oc5ccc(C(=O)Oc6ccc(OCCCCCCCCCCC)cc6)cc5)cc(C(=O)Oc5ccc(C(=O)Oc6ccc(OCCCCCCCCCCC)cc6)cc5)c4)cc(C(=O)Oc4ccc(C(=O)Oc5ccc(OCCCCCCCCCCC)cc5)cc4)c3)cc2)cc1. The van der Waals surface area contributed by atoms with Crippen LogP contribution in [0.3, 0.4) is 0 Å². The molecule has 0 saturated heterocycles. The summed E-state index contributed by atoms with van der Waals surface area (Å²) < 4.78 is 80.9. The minimum absolute atomic E-state index is 0.00747. The largest absolute Gasteiger partial charge is 0.494 e. The lowest BCUT2D eigenvalue weighted by Crippen LogP contribution is -2.15. The van der Waals surface area contributed by atoms with Gasteiger partial charge < -0.3 is 66.3 Å². The van der Waals surface area contributed by atoms with Gasteiger partial charge in [-0.1, -0.05) is 272 Å². The Morgan fingerprint density at radius 2 is 0.284 bits per heavy atom. The highest BCUT2D eigenvalue weighted by Crippen LogP contribution is 2.32. The predicted octanol–water partition coefficient (Wildman–Crippen LogP) is 31.5. The Morgan fingerprint density at radius 1 is 0.142 bits per heavy atom. The van der Waals surface area contributed by atoms with Crippen LogP contribution in [0.2, 0.25) is 0 Å². The molecule has 0 atom stereocenters. The molecule has 10 aromatic rings. The lowest BCUT2D eigenvalue weighted by Gasteiger charge is -2.11. The number of esters is 10. The Morgan fingerprint density at radius 3 is 0.459 bits per heavy atom. The molecular formula is C124H150O24. The van der Waals surface area contributed by atoms with E-state index in [4.69, 9.17) is 66.3 Å². The zero-order valence-corrected chi connectivity index (χ0v) is 87.1. The van der Waals surface area contributed by atoms with E-state index < -0.39 is 59.7 Å². The molecule has 0 aromatic heterocycles. The van der Waals surface area contributed by atoms with Crippen molar-refractivity contribution in [1.82, 2.24) is 0 Å². The van der Waals surface area contributed by atoms with Gasteiger partial charge in [0.2, 0.25) is 0 Å². The molecule has 24 nitrogen and oxygen atoms in total. The van der Waals surface area contributed by atoms with E-state index in [2.05, 4.69) is 27.7 Å². The fraction of sp³-hybridized carbons (Fsp3) is 0.435. The van der Waals surface area contributed by atoms with Crippen molar-refractivity contribution in [2.45, 2.75) is 323 Å². The molecule has 0 bridgehead atoms. The van der Waals surface area contributed by atoms with Gasteiger partial charge in [-0.05, 0) is 269 Å². The van der Waals surface area contributed by atoms with E-state index in [0.717, 1.165) is 77.0 Å². The maximum absolute atomic E-state index is 14.0. The van der Waals surface area contributed by atoms with Gasteiger partial charge in [-0.2, -0.15) is 0 Å². The van der Waals surface area contributed by atoms with Crippen LogP contribution in [0.15, 0.2) is 231 Å². The number of ether oxygens (including phenoxy) is 14. The highest BCUT2D eigenvalue weighted by Gasteiger charge is 2.25. The number of carbonyl (C=O) groups excluding carboxylic acids is 10. The molecular weight excluding hydrogens is 1870 g/mol. The summed E-state index contributed by atoms with van der Waals surface area (Å²) in [6.45, 7) is 11.3. The van der Waals surface area contributed by atoms with E-state index in [1.54, 1.807) is 97.1 Å². The van der Waals surface area contributed by atoms with E-state index in [0.29, 0.717) is 98.1 Å². The number of unbranched alkanes of at least 4 members (excludes halogenated alkanes) is 39. The summed E-state index contributed by atoms with van der Waals surface area (Å²) in [6.07, 6.45) is 48.9. The second kappa shape index (κ2) is 68.5. The molecule has 0 heterocycles. The van der Waals surface area contributed by atoms with Crippen LogP contribution < -0.4 is 66.3 Å². The number of hydrogen-bond acceptors (Lipinski definition) is 24. The third kappa shape index (κ3) is 45.6. The fourth-order valence-electron chi connectivity index (χ4n) is 16.5. The molecule has 0 spiro atoms. The maximum Gasteiger partial charge on any atom is 0.343 e. The highest BCUT2D eigenvalue weighted by atomic mass is 16.6. The summed E-state index contributed by atoms with van der Waals surface area (Å²) in [5.41, 5.74) is -0.00765. The standard InChI is InChI=1S/C124H150O24/c1-5-9-13-17-21-27-33-39-45-83-135-101-67-75-109(76-68-101)141-117(127)93-51-59-105(60-52-93)145-121(131)97-87-98(122(132)146-106-61-53-94(54-62-106)118(128)142-110-77-69-102(70-78-110)136-84-46-40-34-28-22-18-14-10-6-2)90-113(89-97)139-115(125)49-43-37-31-25-26-32-38-44-50-116(126)140-114-91-99(123(133)147-107-63-55-95(56-64-107)119(129)143-111-79-71-103(72-80-111)137-85-47-41-35-29-23-19-15-11-7-3)88-100(92-114)124(134)148-108-65-57-96(58-66-108)120(130)144-112-81-73-104(74-82-112)138-86-48-42-36-30-24-20-16-12-8-4/h51-82,87-92H,5-50,83-86H2,1-4H3. The van der Waals surface area contributed by atoms with Gasteiger partial charge >= 0.3 is 59.7 Å². The summed E-state index contributed by atoms with van der Waals surface area (Å²) in [6, 6.07) is 57.6. The van der Waals surface area contributed by atoms with Crippen LogP contribution in [0.5, 0.6) is 80.5 Å². The maximum atomic E-state index is 14.0. The van der Waals surface area contributed by atoms with Gasteiger partial charge in [-0.3, -0.25) is 9.59 Å². The van der Waals surface area contributed by atoms with Crippen LogP contribution in [0.25, 0.3) is 0 Å². The van der Waals surface area contributed by atoms with E-state index in [1.807, 2.05) is 0 Å². The van der Waals surface area contributed by atoms with Crippen molar-refractivity contribution in [3.8, 4) is 80.5 Å². The Balaban J connectivity index is 0.698. The second-order valence-corrected chi connectivity index (χ2v) is 37.6. The van der Waals surface area contributed by atoms with Crippen molar-refractivity contribution in [2.24, 2.45) is 0 Å². The molecule has 0 aliphatic rings. The zero-order valence-electron chi connectivity index (χ0n) is 87.1. The van der Waals surface area contributed by atoms with Crippen molar-refractivity contribution in [1.29, 1.82) is 0 Å². The summed E-state index contributed by atoms with van der Waals surface area (Å²) in [4.78, 5) is 137. The lowest BCUT2D eigenvalue weighted by atomic mass is 10.1. The molecule has 10 aromatic carbocycles. The van der Waals surface area contributed by atoms with Crippen LogP contribution in [-0.2, 0) is 9.59 Å². The zero-order chi connectivity index (χ0) is 105. The lowest BCUT2D eigenvalue weighted by molar-refractivity contribution is -0.135. The van der Waals surface area contributed by atoms with Gasteiger partial charge in [0.05, 0.1) is 70.9 Å². The monoisotopic (exact) mass is 2020 g/mol. The van der Waals surface area contributed by atoms with Gasteiger partial charge in [-0.25, -0.2) is 38.4 Å². The van der Waals surface area contributed by atoms with Crippen molar-refractivity contribution in [2.75, 3.05) is 26.4 Å². The third-order valence-corrected chi connectivity index (χ3v) is 25.1. The summed E-state index contributed by atoms with van der Waals surface area (Å²) in [5, 5.41) is 0. The first-order valence-corrected chi connectivity index (χ1v) is 54.2. The Hall–Kier alpha value is -13.9. The number of hydrogen-bond donors (Lipinski definition) is 0. The molecule has 0 fully saturated rings. The molecule has 0 amide bonds. The van der Waals surface area contributed by atoms with Crippen LogP contribution in [0, 0.1) is 0 Å². The van der Waals surface area contributed by atoms with Gasteiger partial charge in [-0.15, -0.1) is 0 Å². The number of carbonyl (C=O) groups is 10. The van der Waals surface area contributed by atoms with Gasteiger partial charge in [0.1, 0.15) is 80.5 Å². The molecule has 10 rings (SSSR count). The smallest absolute Gasteiger partial charge is 0.343 e. The molecule has 0 radical (unpaired) electrons. The van der Waals surface area contributed by atoms with Crippen molar-refractivity contribution < 1.29 is 114 Å². The second-order valence-electron chi connectivity index (χ2n) is 37.6. The van der Waals surface area contributed by atoms with Gasteiger partial charge in [0, 0.05) is 12.8 Å². The minimum Gasteiger partial charge on any atom is -0.494 e. The highest BCUT2D eigenvalue weighted by molar-refractivity contribution is 6.00. The number of rotatable bonds is 73. The first-order valence-electron chi connectivity index (χ1n) is 54.2. The molecule has 0 N–H and O–H groups in total. The Kier molecular flexibility index (Phi) is 53.7. The molecule has 790 valence electrons. The average Bonchev–Trinajstić information content (AvgIpc) is 0.821. The van der Waals surface area contributed by atoms with Crippen LogP contribution in [0.1, 0.15) is 406 Å².